The molecule has 0 aromatic heterocycles. The Labute approximate surface area is 123 Å². The van der Waals surface area contributed by atoms with Crippen LogP contribution in [-0.2, 0) is 6.54 Å². The summed E-state index contributed by atoms with van der Waals surface area (Å²) in [5, 5.41) is 12.1. The van der Waals surface area contributed by atoms with Crippen molar-refractivity contribution < 1.29 is 9.60 Å². The van der Waals surface area contributed by atoms with Gasteiger partial charge in [-0.05, 0) is 43.6 Å². The Morgan fingerprint density at radius 3 is 2.70 bits per heavy atom. The molecule has 6 heteroatoms. The van der Waals surface area contributed by atoms with Crippen molar-refractivity contribution in [3.05, 3.63) is 34.6 Å². The fourth-order valence-electron chi connectivity index (χ4n) is 2.48. The van der Waals surface area contributed by atoms with Crippen molar-refractivity contribution in [3.63, 3.8) is 0 Å². The van der Waals surface area contributed by atoms with Gasteiger partial charge in [0.15, 0.2) is 0 Å². The minimum atomic E-state index is -0.386. The zero-order valence-electron chi connectivity index (χ0n) is 11.4. The Hall–Kier alpha value is -1.33. The normalized spacial score (nSPS) is 20.1. The SMILES string of the molecule is CC1(/C(N)=N/O)CCN(Cc2ccc(Cl)c(F)c2)CC1. The first-order valence-corrected chi connectivity index (χ1v) is 6.97. The summed E-state index contributed by atoms with van der Waals surface area (Å²) in [4.78, 5) is 2.23. The maximum Gasteiger partial charge on any atom is 0.145 e. The van der Waals surface area contributed by atoms with Crippen LogP contribution in [0.25, 0.3) is 0 Å². The molecule has 0 spiro atoms. The number of oxime groups is 1. The number of piperidine rings is 1. The van der Waals surface area contributed by atoms with Gasteiger partial charge in [-0.3, -0.25) is 4.90 Å². The Bertz CT molecular complexity index is 513. The quantitative estimate of drug-likeness (QED) is 0.390. The van der Waals surface area contributed by atoms with Gasteiger partial charge in [0, 0.05) is 12.0 Å². The third-order valence-electron chi connectivity index (χ3n) is 4.08. The Kier molecular flexibility index (Phi) is 4.50. The maximum absolute atomic E-state index is 13.4. The molecule has 0 unspecified atom stereocenters. The minimum Gasteiger partial charge on any atom is -0.409 e. The molecule has 1 aliphatic heterocycles. The first kappa shape index (κ1) is 15.1. The van der Waals surface area contributed by atoms with Gasteiger partial charge in [0.1, 0.15) is 11.7 Å². The second kappa shape index (κ2) is 5.97. The van der Waals surface area contributed by atoms with Crippen molar-refractivity contribution in [2.24, 2.45) is 16.3 Å². The lowest BCUT2D eigenvalue weighted by molar-refractivity contribution is 0.153. The van der Waals surface area contributed by atoms with Gasteiger partial charge >= 0.3 is 0 Å². The van der Waals surface area contributed by atoms with Crippen LogP contribution in [0.2, 0.25) is 5.02 Å². The first-order chi connectivity index (χ1) is 9.44. The fraction of sp³-hybridized carbons (Fsp3) is 0.500. The number of rotatable bonds is 3. The Morgan fingerprint density at radius 2 is 2.15 bits per heavy atom. The minimum absolute atomic E-state index is 0.145. The number of likely N-dealkylation sites (tertiary alicyclic amines) is 1. The lowest BCUT2D eigenvalue weighted by Gasteiger charge is -2.38. The van der Waals surface area contributed by atoms with E-state index in [9.17, 15) is 4.39 Å². The van der Waals surface area contributed by atoms with Crippen molar-refractivity contribution in [1.82, 2.24) is 4.90 Å². The third kappa shape index (κ3) is 3.22. The lowest BCUT2D eigenvalue weighted by atomic mass is 9.79. The van der Waals surface area contributed by atoms with Crippen LogP contribution in [0.3, 0.4) is 0 Å². The van der Waals surface area contributed by atoms with E-state index in [1.165, 1.54) is 6.07 Å². The molecule has 0 amide bonds. The molecule has 1 aromatic carbocycles. The molecule has 0 radical (unpaired) electrons. The highest BCUT2D eigenvalue weighted by molar-refractivity contribution is 6.30. The number of amidine groups is 1. The summed E-state index contributed by atoms with van der Waals surface area (Å²) in [6.45, 7) is 4.34. The molecule has 0 bridgehead atoms. The molecule has 0 aliphatic carbocycles. The number of halogens is 2. The molecule has 2 rings (SSSR count). The largest absolute Gasteiger partial charge is 0.409 e. The van der Waals surface area contributed by atoms with Gasteiger partial charge < -0.3 is 10.9 Å². The smallest absolute Gasteiger partial charge is 0.145 e. The van der Waals surface area contributed by atoms with Crippen LogP contribution in [0.5, 0.6) is 0 Å². The van der Waals surface area contributed by atoms with E-state index >= 15 is 0 Å². The number of hydrogen-bond donors (Lipinski definition) is 2. The zero-order valence-corrected chi connectivity index (χ0v) is 12.2. The fourth-order valence-corrected chi connectivity index (χ4v) is 2.60. The summed E-state index contributed by atoms with van der Waals surface area (Å²) < 4.78 is 13.4. The van der Waals surface area contributed by atoms with Gasteiger partial charge in [0.25, 0.3) is 0 Å². The first-order valence-electron chi connectivity index (χ1n) is 6.59. The predicted octanol–water partition coefficient (Wildman–Crippen LogP) is 2.83. The van der Waals surface area contributed by atoms with E-state index in [1.807, 2.05) is 13.0 Å². The zero-order chi connectivity index (χ0) is 14.8. The van der Waals surface area contributed by atoms with Crippen LogP contribution in [0.1, 0.15) is 25.3 Å². The van der Waals surface area contributed by atoms with Crippen LogP contribution in [0.4, 0.5) is 4.39 Å². The van der Waals surface area contributed by atoms with Crippen molar-refractivity contribution in [2.45, 2.75) is 26.3 Å². The van der Waals surface area contributed by atoms with E-state index in [4.69, 9.17) is 22.5 Å². The average Bonchev–Trinajstić information content (AvgIpc) is 2.44. The van der Waals surface area contributed by atoms with Gasteiger partial charge in [-0.2, -0.15) is 0 Å². The van der Waals surface area contributed by atoms with Gasteiger partial charge in [-0.1, -0.05) is 29.7 Å². The van der Waals surface area contributed by atoms with E-state index in [0.29, 0.717) is 6.54 Å². The second-order valence-electron chi connectivity index (χ2n) is 5.57. The summed E-state index contributed by atoms with van der Waals surface area (Å²) in [6.07, 6.45) is 1.64. The second-order valence-corrected chi connectivity index (χ2v) is 5.98. The summed E-state index contributed by atoms with van der Waals surface area (Å²) in [7, 11) is 0. The van der Waals surface area contributed by atoms with Gasteiger partial charge in [0.05, 0.1) is 5.02 Å². The van der Waals surface area contributed by atoms with E-state index in [-0.39, 0.29) is 22.1 Å². The molecule has 0 atom stereocenters. The summed E-state index contributed by atoms with van der Waals surface area (Å²) in [6, 6.07) is 4.89. The highest BCUT2D eigenvalue weighted by atomic mass is 35.5. The molecule has 3 N–H and O–H groups in total. The van der Waals surface area contributed by atoms with Crippen LogP contribution < -0.4 is 5.73 Å². The van der Waals surface area contributed by atoms with Crippen LogP contribution in [0, 0.1) is 11.2 Å². The molecule has 1 aromatic rings. The summed E-state index contributed by atoms with van der Waals surface area (Å²) >= 11 is 5.67. The predicted molar refractivity (Wildman–Crippen MR) is 77.4 cm³/mol. The Balaban J connectivity index is 1.96. The molecular formula is C14H19ClFN3O. The topological polar surface area (TPSA) is 61.9 Å². The van der Waals surface area contributed by atoms with Gasteiger partial charge in [-0.15, -0.1) is 0 Å². The van der Waals surface area contributed by atoms with E-state index in [2.05, 4.69) is 10.1 Å². The maximum atomic E-state index is 13.4. The molecule has 1 fully saturated rings. The van der Waals surface area contributed by atoms with E-state index < -0.39 is 0 Å². The highest BCUT2D eigenvalue weighted by Gasteiger charge is 2.34. The monoisotopic (exact) mass is 299 g/mol. The van der Waals surface area contributed by atoms with Crippen molar-refractivity contribution in [2.75, 3.05) is 13.1 Å². The average molecular weight is 300 g/mol. The molecular weight excluding hydrogens is 281 g/mol. The van der Waals surface area contributed by atoms with Crippen molar-refractivity contribution >= 4 is 17.4 Å². The van der Waals surface area contributed by atoms with Crippen LogP contribution >= 0.6 is 11.6 Å². The summed E-state index contributed by atoms with van der Waals surface area (Å²) in [5.74, 6) is -0.0997. The van der Waals surface area contributed by atoms with Gasteiger partial charge in [0.2, 0.25) is 0 Å². The number of hydrogen-bond acceptors (Lipinski definition) is 3. The molecule has 110 valence electrons. The standard InChI is InChI=1S/C14H19ClFN3O/c1-14(13(17)18-20)4-6-19(7-5-14)9-10-2-3-11(15)12(16)8-10/h2-3,8,20H,4-7,9H2,1H3,(H2,17,18). The molecule has 20 heavy (non-hydrogen) atoms. The Morgan fingerprint density at radius 1 is 1.50 bits per heavy atom. The lowest BCUT2D eigenvalue weighted by Crippen LogP contribution is -2.45. The number of nitrogens with two attached hydrogens (primary N) is 1. The molecule has 1 aliphatic rings. The van der Waals surface area contributed by atoms with Gasteiger partial charge in [-0.25, -0.2) is 4.39 Å². The van der Waals surface area contributed by atoms with E-state index in [0.717, 1.165) is 31.5 Å². The van der Waals surface area contributed by atoms with Crippen molar-refractivity contribution in [3.8, 4) is 0 Å². The third-order valence-corrected chi connectivity index (χ3v) is 4.38. The van der Waals surface area contributed by atoms with Crippen molar-refractivity contribution in [1.29, 1.82) is 0 Å². The molecule has 0 saturated carbocycles. The van der Waals surface area contributed by atoms with E-state index in [1.54, 1.807) is 6.07 Å². The highest BCUT2D eigenvalue weighted by Crippen LogP contribution is 2.31. The molecule has 4 nitrogen and oxygen atoms in total. The number of benzene rings is 1. The van der Waals surface area contributed by atoms with Crippen LogP contribution in [0.15, 0.2) is 23.4 Å². The molecule has 1 heterocycles. The number of nitrogens with zero attached hydrogens (tertiary/aromatic N) is 2. The summed E-state index contributed by atoms with van der Waals surface area (Å²) in [5.41, 5.74) is 6.38. The van der Waals surface area contributed by atoms with Crippen LogP contribution in [-0.4, -0.2) is 29.0 Å². The molecule has 1 saturated heterocycles.